The molecule has 0 spiro atoms. The standard InChI is InChI=1S/C14H21NO3/c1-11(2)14(16)15(10-13-4-3-7-18-13)12-5-8-17-9-6-12/h3-4,7,11-12H,5-6,8-10H2,1-2H3. The maximum atomic E-state index is 12.3. The zero-order valence-electron chi connectivity index (χ0n) is 11.1. The number of rotatable bonds is 4. The summed E-state index contributed by atoms with van der Waals surface area (Å²) >= 11 is 0. The van der Waals surface area contributed by atoms with Gasteiger partial charge in [-0.2, -0.15) is 0 Å². The van der Waals surface area contributed by atoms with E-state index in [1.165, 1.54) is 0 Å². The number of ether oxygens (including phenoxy) is 1. The van der Waals surface area contributed by atoms with Crippen molar-refractivity contribution in [2.75, 3.05) is 13.2 Å². The van der Waals surface area contributed by atoms with Gasteiger partial charge in [0, 0.05) is 25.2 Å². The Balaban J connectivity index is 2.08. The molecule has 4 nitrogen and oxygen atoms in total. The fraction of sp³-hybridized carbons (Fsp3) is 0.643. The number of hydrogen-bond donors (Lipinski definition) is 0. The van der Waals surface area contributed by atoms with E-state index in [1.807, 2.05) is 30.9 Å². The lowest BCUT2D eigenvalue weighted by atomic mass is 10.0. The van der Waals surface area contributed by atoms with Gasteiger partial charge in [-0.15, -0.1) is 0 Å². The molecule has 1 aliphatic heterocycles. The minimum atomic E-state index is 0.0165. The van der Waals surface area contributed by atoms with Gasteiger partial charge in [0.2, 0.25) is 5.91 Å². The summed E-state index contributed by atoms with van der Waals surface area (Å²) in [6.45, 7) is 5.93. The fourth-order valence-electron chi connectivity index (χ4n) is 2.29. The predicted octanol–water partition coefficient (Wildman–Crippen LogP) is 2.44. The van der Waals surface area contributed by atoms with Gasteiger partial charge in [0.25, 0.3) is 0 Å². The second kappa shape index (κ2) is 6.05. The minimum absolute atomic E-state index is 0.0165. The first-order valence-corrected chi connectivity index (χ1v) is 6.59. The zero-order valence-corrected chi connectivity index (χ0v) is 11.1. The Kier molecular flexibility index (Phi) is 4.42. The average Bonchev–Trinajstić information content (AvgIpc) is 2.89. The summed E-state index contributed by atoms with van der Waals surface area (Å²) in [6.07, 6.45) is 3.48. The molecule has 1 amide bonds. The van der Waals surface area contributed by atoms with Crippen molar-refractivity contribution in [2.45, 2.75) is 39.3 Å². The lowest BCUT2D eigenvalue weighted by Crippen LogP contribution is -2.44. The highest BCUT2D eigenvalue weighted by molar-refractivity contribution is 5.78. The molecule has 1 fully saturated rings. The van der Waals surface area contributed by atoms with Crippen LogP contribution >= 0.6 is 0 Å². The van der Waals surface area contributed by atoms with Crippen LogP contribution in [0.1, 0.15) is 32.4 Å². The van der Waals surface area contributed by atoms with Crippen molar-refractivity contribution in [2.24, 2.45) is 5.92 Å². The monoisotopic (exact) mass is 251 g/mol. The third kappa shape index (κ3) is 3.13. The Morgan fingerprint density at radius 2 is 2.17 bits per heavy atom. The molecule has 0 aromatic carbocycles. The Labute approximate surface area is 108 Å². The van der Waals surface area contributed by atoms with Gasteiger partial charge >= 0.3 is 0 Å². The van der Waals surface area contributed by atoms with Crippen LogP contribution in [0.3, 0.4) is 0 Å². The molecular formula is C14H21NO3. The summed E-state index contributed by atoms with van der Waals surface area (Å²) in [5.41, 5.74) is 0. The molecule has 0 bridgehead atoms. The van der Waals surface area contributed by atoms with Crippen LogP contribution in [0.2, 0.25) is 0 Å². The maximum Gasteiger partial charge on any atom is 0.225 e. The second-order valence-electron chi connectivity index (χ2n) is 5.04. The molecule has 18 heavy (non-hydrogen) atoms. The molecule has 1 aromatic heterocycles. The van der Waals surface area contributed by atoms with E-state index in [0.29, 0.717) is 6.54 Å². The van der Waals surface area contributed by atoms with Gasteiger partial charge in [-0.05, 0) is 25.0 Å². The van der Waals surface area contributed by atoms with Crippen LogP contribution in [0, 0.1) is 5.92 Å². The SMILES string of the molecule is CC(C)C(=O)N(Cc1ccco1)C1CCOCC1. The molecule has 2 heterocycles. The number of furan rings is 1. The van der Waals surface area contributed by atoms with Crippen molar-refractivity contribution >= 4 is 5.91 Å². The largest absolute Gasteiger partial charge is 0.467 e. The molecule has 1 aliphatic rings. The molecule has 100 valence electrons. The van der Waals surface area contributed by atoms with Crippen LogP contribution in [-0.2, 0) is 16.1 Å². The van der Waals surface area contributed by atoms with Gasteiger partial charge in [-0.25, -0.2) is 0 Å². The highest BCUT2D eigenvalue weighted by atomic mass is 16.5. The van der Waals surface area contributed by atoms with Crippen molar-refractivity contribution in [1.29, 1.82) is 0 Å². The molecular weight excluding hydrogens is 230 g/mol. The Bertz CT molecular complexity index is 366. The molecule has 0 aliphatic carbocycles. The third-order valence-corrected chi connectivity index (χ3v) is 3.31. The van der Waals surface area contributed by atoms with Gasteiger partial charge in [0.15, 0.2) is 0 Å². The first-order chi connectivity index (χ1) is 8.68. The number of nitrogens with zero attached hydrogens (tertiary/aromatic N) is 1. The topological polar surface area (TPSA) is 42.7 Å². The molecule has 0 radical (unpaired) electrons. The van der Waals surface area contributed by atoms with E-state index in [2.05, 4.69) is 0 Å². The fourth-order valence-corrected chi connectivity index (χ4v) is 2.29. The molecule has 0 saturated carbocycles. The van der Waals surface area contributed by atoms with E-state index in [1.54, 1.807) is 6.26 Å². The van der Waals surface area contributed by atoms with Crippen LogP contribution < -0.4 is 0 Å². The third-order valence-electron chi connectivity index (χ3n) is 3.31. The number of carbonyl (C=O) groups is 1. The summed E-state index contributed by atoms with van der Waals surface area (Å²) in [5, 5.41) is 0. The first kappa shape index (κ1) is 13.1. The van der Waals surface area contributed by atoms with Crippen LogP contribution in [-0.4, -0.2) is 30.1 Å². The molecule has 4 heteroatoms. The quantitative estimate of drug-likeness (QED) is 0.825. The number of amides is 1. The van der Waals surface area contributed by atoms with Crippen molar-refractivity contribution in [3.05, 3.63) is 24.2 Å². The summed E-state index contributed by atoms with van der Waals surface area (Å²) in [4.78, 5) is 14.3. The highest BCUT2D eigenvalue weighted by Crippen LogP contribution is 2.20. The molecule has 0 atom stereocenters. The number of hydrogen-bond acceptors (Lipinski definition) is 3. The van der Waals surface area contributed by atoms with Gasteiger partial charge in [0.05, 0.1) is 12.8 Å². The van der Waals surface area contributed by atoms with E-state index >= 15 is 0 Å². The van der Waals surface area contributed by atoms with Crippen LogP contribution in [0.25, 0.3) is 0 Å². The Morgan fingerprint density at radius 1 is 1.44 bits per heavy atom. The summed E-state index contributed by atoms with van der Waals surface area (Å²) in [7, 11) is 0. The Hall–Kier alpha value is -1.29. The van der Waals surface area contributed by atoms with E-state index < -0.39 is 0 Å². The normalized spacial score (nSPS) is 17.1. The van der Waals surface area contributed by atoms with Crippen LogP contribution in [0.5, 0.6) is 0 Å². The van der Waals surface area contributed by atoms with Gasteiger partial charge in [0.1, 0.15) is 5.76 Å². The smallest absolute Gasteiger partial charge is 0.225 e. The van der Waals surface area contributed by atoms with Crippen LogP contribution in [0.4, 0.5) is 0 Å². The molecule has 1 aromatic rings. The average molecular weight is 251 g/mol. The van der Waals surface area contributed by atoms with Gasteiger partial charge in [-0.3, -0.25) is 4.79 Å². The number of carbonyl (C=O) groups excluding carboxylic acids is 1. The lowest BCUT2D eigenvalue weighted by Gasteiger charge is -2.35. The van der Waals surface area contributed by atoms with Crippen LogP contribution in [0.15, 0.2) is 22.8 Å². The Morgan fingerprint density at radius 3 is 2.72 bits per heavy atom. The predicted molar refractivity (Wildman–Crippen MR) is 67.9 cm³/mol. The first-order valence-electron chi connectivity index (χ1n) is 6.59. The van der Waals surface area contributed by atoms with Crippen molar-refractivity contribution in [3.63, 3.8) is 0 Å². The summed E-state index contributed by atoms with van der Waals surface area (Å²) < 4.78 is 10.7. The summed E-state index contributed by atoms with van der Waals surface area (Å²) in [5.74, 6) is 1.05. The summed E-state index contributed by atoms with van der Waals surface area (Å²) in [6, 6.07) is 4.05. The minimum Gasteiger partial charge on any atom is -0.467 e. The molecule has 2 rings (SSSR count). The van der Waals surface area contributed by atoms with Crippen molar-refractivity contribution < 1.29 is 13.9 Å². The highest BCUT2D eigenvalue weighted by Gasteiger charge is 2.27. The molecule has 1 saturated heterocycles. The van der Waals surface area contributed by atoms with Gasteiger partial charge < -0.3 is 14.1 Å². The van der Waals surface area contributed by atoms with E-state index in [4.69, 9.17) is 9.15 Å². The van der Waals surface area contributed by atoms with Gasteiger partial charge in [-0.1, -0.05) is 13.8 Å². The second-order valence-corrected chi connectivity index (χ2v) is 5.04. The lowest BCUT2D eigenvalue weighted by molar-refractivity contribution is -0.139. The molecule has 0 N–H and O–H groups in total. The van der Waals surface area contributed by atoms with Crippen molar-refractivity contribution in [3.8, 4) is 0 Å². The van der Waals surface area contributed by atoms with Crippen molar-refractivity contribution in [1.82, 2.24) is 4.90 Å². The molecule has 0 unspecified atom stereocenters. The van der Waals surface area contributed by atoms with E-state index in [0.717, 1.165) is 31.8 Å². The zero-order chi connectivity index (χ0) is 13.0. The van der Waals surface area contributed by atoms with E-state index in [9.17, 15) is 4.79 Å². The maximum absolute atomic E-state index is 12.3. The van der Waals surface area contributed by atoms with E-state index in [-0.39, 0.29) is 17.9 Å².